The molecule has 1 aromatic rings. The van der Waals surface area contributed by atoms with E-state index in [1.807, 2.05) is 0 Å². The van der Waals surface area contributed by atoms with Gasteiger partial charge in [0.15, 0.2) is 5.96 Å². The molecule has 0 spiro atoms. The van der Waals surface area contributed by atoms with Gasteiger partial charge in [-0.15, -0.1) is 35.3 Å². The van der Waals surface area contributed by atoms with Gasteiger partial charge in [-0.25, -0.2) is 4.99 Å². The van der Waals surface area contributed by atoms with Crippen LogP contribution in [0.25, 0.3) is 0 Å². The van der Waals surface area contributed by atoms with Crippen LogP contribution in [0.1, 0.15) is 37.5 Å². The second kappa shape index (κ2) is 10.9. The lowest BCUT2D eigenvalue weighted by Crippen LogP contribution is -2.46. The summed E-state index contributed by atoms with van der Waals surface area (Å²) < 4.78 is 6.41. The van der Waals surface area contributed by atoms with Gasteiger partial charge in [-0.1, -0.05) is 6.42 Å². The third kappa shape index (κ3) is 6.88. The lowest BCUT2D eigenvalue weighted by atomic mass is 9.67. The number of thiophene rings is 1. The summed E-state index contributed by atoms with van der Waals surface area (Å²) in [5, 5.41) is 6.86. The van der Waals surface area contributed by atoms with Crippen molar-refractivity contribution in [2.24, 2.45) is 10.4 Å². The highest BCUT2D eigenvalue weighted by Gasteiger charge is 2.36. The lowest BCUT2D eigenvalue weighted by Gasteiger charge is -2.42. The van der Waals surface area contributed by atoms with Crippen LogP contribution in [0, 0.1) is 5.41 Å². The molecule has 1 aliphatic carbocycles. The molecule has 2 N–H and O–H groups in total. The Morgan fingerprint density at radius 3 is 2.70 bits per heavy atom. The molecule has 0 radical (unpaired) electrons. The molecule has 1 aliphatic rings. The first-order valence-electron chi connectivity index (χ1n) is 7.93. The van der Waals surface area contributed by atoms with E-state index >= 15 is 0 Å². The van der Waals surface area contributed by atoms with Crippen molar-refractivity contribution in [3.8, 4) is 0 Å². The van der Waals surface area contributed by atoms with Crippen molar-refractivity contribution in [1.82, 2.24) is 10.6 Å². The van der Waals surface area contributed by atoms with Crippen molar-refractivity contribution in [3.63, 3.8) is 0 Å². The number of nitrogens with one attached hydrogen (secondary N) is 2. The number of hydrogen-bond donors (Lipinski definition) is 2. The number of ether oxygens (including phenoxy) is 1. The van der Waals surface area contributed by atoms with Gasteiger partial charge < -0.3 is 15.4 Å². The quantitative estimate of drug-likeness (QED) is 0.306. The zero-order chi connectivity index (χ0) is 15.8. The van der Waals surface area contributed by atoms with Gasteiger partial charge in [0.2, 0.25) is 0 Å². The van der Waals surface area contributed by atoms with Crippen molar-refractivity contribution in [2.45, 2.75) is 39.2 Å². The largest absolute Gasteiger partial charge is 0.385 e. The lowest BCUT2D eigenvalue weighted by molar-refractivity contribution is 0.0732. The molecule has 7 heteroatoms. The molecule has 1 saturated carbocycles. The summed E-state index contributed by atoms with van der Waals surface area (Å²) in [5.74, 6) is 0.913. The molecule has 0 aromatic carbocycles. The summed E-state index contributed by atoms with van der Waals surface area (Å²) in [6, 6.07) is 4.19. The fourth-order valence-corrected chi connectivity index (χ4v) is 4.12. The predicted molar refractivity (Wildman–Crippen MR) is 113 cm³/mol. The summed E-state index contributed by atoms with van der Waals surface area (Å²) >= 11 is 5.23. The maximum Gasteiger partial charge on any atom is 0.191 e. The van der Waals surface area contributed by atoms with Gasteiger partial charge in [0, 0.05) is 31.7 Å². The fraction of sp³-hybridized carbons (Fsp3) is 0.688. The molecule has 2 rings (SSSR count). The molecule has 0 unspecified atom stereocenters. The average molecular weight is 516 g/mol. The number of halogens is 2. The Labute approximate surface area is 169 Å². The monoisotopic (exact) mass is 515 g/mol. The summed E-state index contributed by atoms with van der Waals surface area (Å²) in [7, 11) is 1.78. The van der Waals surface area contributed by atoms with Gasteiger partial charge in [0.05, 0.1) is 10.3 Å². The van der Waals surface area contributed by atoms with Crippen LogP contribution in [-0.4, -0.2) is 32.8 Å². The predicted octanol–water partition coefficient (Wildman–Crippen LogP) is 4.39. The molecule has 0 saturated heterocycles. The Morgan fingerprint density at radius 2 is 2.17 bits per heavy atom. The number of rotatable bonds is 8. The molecule has 1 heterocycles. The van der Waals surface area contributed by atoms with Crippen LogP contribution >= 0.6 is 51.2 Å². The molecule has 0 bridgehead atoms. The summed E-state index contributed by atoms with van der Waals surface area (Å²) in [6.07, 6.45) is 5.05. The van der Waals surface area contributed by atoms with Crippen molar-refractivity contribution in [1.29, 1.82) is 0 Å². The highest BCUT2D eigenvalue weighted by atomic mass is 127. The molecule has 0 amide bonds. The molecule has 23 heavy (non-hydrogen) atoms. The number of methoxy groups -OCH3 is 1. The highest BCUT2D eigenvalue weighted by Crippen LogP contribution is 2.43. The Bertz CT molecular complexity index is 491. The maximum atomic E-state index is 5.26. The van der Waals surface area contributed by atoms with Crippen molar-refractivity contribution < 1.29 is 4.74 Å². The standard InChI is InChI=1S/C16H26BrN3OS.HI/c1-3-18-15(19-11-13-5-6-14(17)22-13)20-12-16(7-4-8-16)9-10-21-2;/h5-6H,3-4,7-12H2,1-2H3,(H2,18,19,20);1H. The Balaban J connectivity index is 0.00000264. The second-order valence-electron chi connectivity index (χ2n) is 5.85. The number of nitrogens with zero attached hydrogens (tertiary/aromatic N) is 1. The molecule has 4 nitrogen and oxygen atoms in total. The van der Waals surface area contributed by atoms with Crippen LogP contribution < -0.4 is 10.6 Å². The van der Waals surface area contributed by atoms with E-state index < -0.39 is 0 Å². The highest BCUT2D eigenvalue weighted by molar-refractivity contribution is 14.0. The molecule has 132 valence electrons. The fourth-order valence-electron chi connectivity index (χ4n) is 2.72. The topological polar surface area (TPSA) is 45.7 Å². The molecular formula is C16H27BrIN3OS. The van der Waals surface area contributed by atoms with Crippen molar-refractivity contribution >= 4 is 57.2 Å². The van der Waals surface area contributed by atoms with E-state index in [-0.39, 0.29) is 24.0 Å². The number of hydrogen-bond acceptors (Lipinski definition) is 3. The first-order chi connectivity index (χ1) is 10.7. The molecule has 0 aliphatic heterocycles. The summed E-state index contributed by atoms with van der Waals surface area (Å²) in [6.45, 7) is 5.53. The van der Waals surface area contributed by atoms with E-state index in [2.05, 4.69) is 45.6 Å². The van der Waals surface area contributed by atoms with Crippen molar-refractivity contribution in [2.75, 3.05) is 26.8 Å². The van der Waals surface area contributed by atoms with E-state index in [9.17, 15) is 0 Å². The second-order valence-corrected chi connectivity index (χ2v) is 8.40. The third-order valence-electron chi connectivity index (χ3n) is 4.25. The maximum absolute atomic E-state index is 5.26. The van der Waals surface area contributed by atoms with Crippen LogP contribution in [0.2, 0.25) is 0 Å². The van der Waals surface area contributed by atoms with E-state index in [1.54, 1.807) is 18.4 Å². The van der Waals surface area contributed by atoms with Gasteiger partial charge in [-0.3, -0.25) is 0 Å². The van der Waals surface area contributed by atoms with Gasteiger partial charge >= 0.3 is 0 Å². The van der Waals surface area contributed by atoms with Crippen LogP contribution in [-0.2, 0) is 11.3 Å². The third-order valence-corrected chi connectivity index (χ3v) is 5.86. The molecule has 0 atom stereocenters. The number of aliphatic imine (C=N–C) groups is 1. The van der Waals surface area contributed by atoms with Gasteiger partial charge in [0.1, 0.15) is 0 Å². The minimum Gasteiger partial charge on any atom is -0.385 e. The summed E-state index contributed by atoms with van der Waals surface area (Å²) in [5.41, 5.74) is 0.401. The smallest absolute Gasteiger partial charge is 0.191 e. The SMILES string of the molecule is CCNC(=NCc1ccc(Br)s1)NCC1(CCOC)CCC1.I. The van der Waals surface area contributed by atoms with Crippen LogP contribution in [0.5, 0.6) is 0 Å². The normalized spacial score (nSPS) is 16.4. The Hall–Kier alpha value is 0.140. The van der Waals surface area contributed by atoms with Crippen LogP contribution in [0.4, 0.5) is 0 Å². The molecule has 1 fully saturated rings. The first-order valence-corrected chi connectivity index (χ1v) is 9.54. The number of guanidine groups is 1. The Kier molecular flexibility index (Phi) is 10.0. The minimum atomic E-state index is 0. The molecule has 1 aromatic heterocycles. The van der Waals surface area contributed by atoms with Gasteiger partial charge in [-0.2, -0.15) is 0 Å². The zero-order valence-electron chi connectivity index (χ0n) is 13.9. The van der Waals surface area contributed by atoms with Crippen LogP contribution in [0.15, 0.2) is 20.9 Å². The van der Waals surface area contributed by atoms with E-state index in [0.29, 0.717) is 5.41 Å². The first kappa shape index (κ1) is 21.2. The Morgan fingerprint density at radius 1 is 1.39 bits per heavy atom. The van der Waals surface area contributed by atoms with Crippen LogP contribution in [0.3, 0.4) is 0 Å². The minimum absolute atomic E-state index is 0. The van der Waals surface area contributed by atoms with Crippen molar-refractivity contribution in [3.05, 3.63) is 20.8 Å². The van der Waals surface area contributed by atoms with E-state index in [1.165, 1.54) is 24.1 Å². The van der Waals surface area contributed by atoms with Gasteiger partial charge in [-0.05, 0) is 59.7 Å². The van der Waals surface area contributed by atoms with E-state index in [0.717, 1.165) is 42.4 Å². The zero-order valence-corrected chi connectivity index (χ0v) is 18.6. The average Bonchev–Trinajstić information content (AvgIpc) is 2.88. The molecular weight excluding hydrogens is 489 g/mol. The summed E-state index contributed by atoms with van der Waals surface area (Å²) in [4.78, 5) is 5.96. The van der Waals surface area contributed by atoms with Gasteiger partial charge in [0.25, 0.3) is 0 Å². The van der Waals surface area contributed by atoms with E-state index in [4.69, 9.17) is 9.73 Å².